The molecule has 0 aliphatic heterocycles. The predicted octanol–water partition coefficient (Wildman–Crippen LogP) is 5.06. The number of halogens is 1. The highest BCUT2D eigenvalue weighted by molar-refractivity contribution is 7.92. The monoisotopic (exact) mass is 583 g/mol. The lowest BCUT2D eigenvalue weighted by Gasteiger charge is -2.34. The van der Waals surface area contributed by atoms with E-state index in [1.807, 2.05) is 27.7 Å². The van der Waals surface area contributed by atoms with Crippen LogP contribution in [0.25, 0.3) is 0 Å². The van der Waals surface area contributed by atoms with Crippen LogP contribution in [0.3, 0.4) is 0 Å². The maximum absolute atomic E-state index is 14.1. The topological polar surface area (TPSA) is 96.0 Å². The number of anilines is 1. The van der Waals surface area contributed by atoms with Crippen molar-refractivity contribution in [2.24, 2.45) is 0 Å². The molecule has 3 rings (SSSR count). The molecule has 0 aromatic heterocycles. The van der Waals surface area contributed by atoms with E-state index in [0.29, 0.717) is 17.0 Å². The molecule has 0 fully saturated rings. The molecule has 0 saturated heterocycles. The van der Waals surface area contributed by atoms with Crippen LogP contribution in [-0.4, -0.2) is 50.4 Å². The fourth-order valence-corrected chi connectivity index (χ4v) is 5.69. The van der Waals surface area contributed by atoms with Crippen molar-refractivity contribution in [2.75, 3.05) is 18.0 Å². The molecular formula is C31H38FN3O5S. The average Bonchev–Trinajstić information content (AvgIpc) is 2.92. The van der Waals surface area contributed by atoms with Crippen molar-refractivity contribution in [3.05, 3.63) is 89.7 Å². The van der Waals surface area contributed by atoms with E-state index in [1.165, 1.54) is 60.5 Å². The van der Waals surface area contributed by atoms with Crippen molar-refractivity contribution >= 4 is 27.5 Å². The van der Waals surface area contributed by atoms with Gasteiger partial charge in [-0.2, -0.15) is 0 Å². The molecule has 0 aliphatic rings. The van der Waals surface area contributed by atoms with Gasteiger partial charge in [0.1, 0.15) is 24.2 Å². The lowest BCUT2D eigenvalue weighted by Crippen LogP contribution is -2.55. The van der Waals surface area contributed by atoms with Crippen LogP contribution in [0, 0.1) is 12.7 Å². The Morgan fingerprint density at radius 3 is 2.05 bits per heavy atom. The van der Waals surface area contributed by atoms with Gasteiger partial charge in [-0.05, 0) is 88.2 Å². The van der Waals surface area contributed by atoms with Gasteiger partial charge in [-0.15, -0.1) is 0 Å². The van der Waals surface area contributed by atoms with Crippen molar-refractivity contribution in [3.63, 3.8) is 0 Å². The number of hydrogen-bond acceptors (Lipinski definition) is 5. The third-order valence-corrected chi connectivity index (χ3v) is 8.19. The Labute approximate surface area is 242 Å². The number of carbonyl (C=O) groups excluding carboxylic acids is 2. The smallest absolute Gasteiger partial charge is 0.264 e. The summed E-state index contributed by atoms with van der Waals surface area (Å²) >= 11 is 0. The van der Waals surface area contributed by atoms with Gasteiger partial charge in [-0.1, -0.05) is 36.8 Å². The molecule has 1 atom stereocenters. The Morgan fingerprint density at radius 2 is 1.54 bits per heavy atom. The molecule has 220 valence electrons. The largest absolute Gasteiger partial charge is 0.497 e. The molecule has 0 unspecified atom stereocenters. The zero-order valence-corrected chi connectivity index (χ0v) is 25.2. The Bertz CT molecular complexity index is 1440. The van der Waals surface area contributed by atoms with Gasteiger partial charge in [0.2, 0.25) is 11.8 Å². The standard InChI is InChI=1S/C31H38FN3O5S/c1-7-28(30(37)33-31(3,4)5)34(20-23-10-12-24(32)13-11-23)29(36)21-35(25-14-8-22(2)9-15-25)41(38,39)27-18-16-26(40-6)17-19-27/h8-19,28H,7,20-21H2,1-6H3,(H,33,37)/t28-/m0/s1. The number of nitrogens with zero attached hydrogens (tertiary/aromatic N) is 2. The molecule has 0 heterocycles. The van der Waals surface area contributed by atoms with E-state index in [2.05, 4.69) is 5.32 Å². The number of rotatable bonds is 11. The van der Waals surface area contributed by atoms with E-state index < -0.39 is 39.9 Å². The highest BCUT2D eigenvalue weighted by Gasteiger charge is 2.34. The number of methoxy groups -OCH3 is 1. The van der Waals surface area contributed by atoms with Gasteiger partial charge in [0, 0.05) is 12.1 Å². The van der Waals surface area contributed by atoms with E-state index in [1.54, 1.807) is 31.2 Å². The van der Waals surface area contributed by atoms with E-state index in [-0.39, 0.29) is 23.8 Å². The summed E-state index contributed by atoms with van der Waals surface area (Å²) in [4.78, 5) is 28.7. The highest BCUT2D eigenvalue weighted by Crippen LogP contribution is 2.26. The molecule has 0 aliphatic carbocycles. The first-order valence-electron chi connectivity index (χ1n) is 13.3. The minimum absolute atomic E-state index is 0.0144. The van der Waals surface area contributed by atoms with Crippen LogP contribution in [0.4, 0.5) is 10.1 Å². The van der Waals surface area contributed by atoms with Crippen LogP contribution in [0.2, 0.25) is 0 Å². The van der Waals surface area contributed by atoms with Crippen molar-refractivity contribution in [1.82, 2.24) is 10.2 Å². The van der Waals surface area contributed by atoms with E-state index in [4.69, 9.17) is 4.74 Å². The third kappa shape index (κ3) is 8.29. The van der Waals surface area contributed by atoms with Crippen LogP contribution in [0.15, 0.2) is 77.7 Å². The summed E-state index contributed by atoms with van der Waals surface area (Å²) in [7, 11) is -2.72. The fourth-order valence-electron chi connectivity index (χ4n) is 4.27. The second-order valence-corrected chi connectivity index (χ2v) is 12.7. The zero-order chi connectivity index (χ0) is 30.4. The molecule has 0 spiro atoms. The first-order chi connectivity index (χ1) is 19.2. The summed E-state index contributed by atoms with van der Waals surface area (Å²) in [6.45, 7) is 8.60. The molecule has 1 N–H and O–H groups in total. The van der Waals surface area contributed by atoms with Crippen LogP contribution in [0.5, 0.6) is 5.75 Å². The number of sulfonamides is 1. The van der Waals surface area contributed by atoms with Gasteiger partial charge in [0.15, 0.2) is 0 Å². The fraction of sp³-hybridized carbons (Fsp3) is 0.355. The molecule has 0 radical (unpaired) electrons. The number of carbonyl (C=O) groups is 2. The molecule has 3 aromatic rings. The molecule has 0 bridgehead atoms. The number of benzene rings is 3. The summed E-state index contributed by atoms with van der Waals surface area (Å²) in [5, 5.41) is 2.92. The molecule has 10 heteroatoms. The normalized spacial score (nSPS) is 12.4. The second-order valence-electron chi connectivity index (χ2n) is 10.8. The zero-order valence-electron chi connectivity index (χ0n) is 24.3. The Kier molecular flexibility index (Phi) is 10.1. The van der Waals surface area contributed by atoms with Crippen LogP contribution >= 0.6 is 0 Å². The number of amides is 2. The summed E-state index contributed by atoms with van der Waals surface area (Å²) in [5.74, 6) is -0.887. The maximum atomic E-state index is 14.1. The number of aryl methyl sites for hydroxylation is 1. The van der Waals surface area contributed by atoms with E-state index in [0.717, 1.165) is 9.87 Å². The average molecular weight is 584 g/mol. The molecule has 2 amide bonds. The van der Waals surface area contributed by atoms with Gasteiger partial charge in [-0.25, -0.2) is 12.8 Å². The van der Waals surface area contributed by atoms with Gasteiger partial charge >= 0.3 is 0 Å². The second kappa shape index (κ2) is 13.2. The SMILES string of the molecule is CC[C@@H](C(=O)NC(C)(C)C)N(Cc1ccc(F)cc1)C(=O)CN(c1ccc(C)cc1)S(=O)(=O)c1ccc(OC)cc1. The van der Waals surface area contributed by atoms with Crippen molar-refractivity contribution in [1.29, 1.82) is 0 Å². The molecular weight excluding hydrogens is 545 g/mol. The van der Waals surface area contributed by atoms with Crippen LogP contribution in [-0.2, 0) is 26.2 Å². The first-order valence-corrected chi connectivity index (χ1v) is 14.8. The molecule has 0 saturated carbocycles. The summed E-state index contributed by atoms with van der Waals surface area (Å²) in [6, 6.07) is 17.4. The van der Waals surface area contributed by atoms with Crippen molar-refractivity contribution in [2.45, 2.75) is 64.1 Å². The van der Waals surface area contributed by atoms with E-state index >= 15 is 0 Å². The third-order valence-electron chi connectivity index (χ3n) is 6.40. The van der Waals surface area contributed by atoms with Crippen LogP contribution in [0.1, 0.15) is 45.2 Å². The lowest BCUT2D eigenvalue weighted by atomic mass is 10.1. The van der Waals surface area contributed by atoms with Gasteiger partial charge < -0.3 is 15.0 Å². The molecule has 41 heavy (non-hydrogen) atoms. The molecule has 3 aromatic carbocycles. The minimum Gasteiger partial charge on any atom is -0.497 e. The van der Waals surface area contributed by atoms with E-state index in [9.17, 15) is 22.4 Å². The number of ether oxygens (including phenoxy) is 1. The summed E-state index contributed by atoms with van der Waals surface area (Å²) in [6.07, 6.45) is 0.282. The first kappa shape index (κ1) is 31.6. The van der Waals surface area contributed by atoms with Crippen LogP contribution < -0.4 is 14.4 Å². The predicted molar refractivity (Wildman–Crippen MR) is 158 cm³/mol. The van der Waals surface area contributed by atoms with Gasteiger partial charge in [0.05, 0.1) is 17.7 Å². The van der Waals surface area contributed by atoms with Crippen molar-refractivity contribution < 1.29 is 27.1 Å². The number of nitrogens with one attached hydrogen (secondary N) is 1. The lowest BCUT2D eigenvalue weighted by molar-refractivity contribution is -0.141. The Hall–Kier alpha value is -3.92. The highest BCUT2D eigenvalue weighted by atomic mass is 32.2. The summed E-state index contributed by atoms with van der Waals surface area (Å²) in [5.41, 5.74) is 1.26. The quantitative estimate of drug-likeness (QED) is 0.341. The van der Waals surface area contributed by atoms with Gasteiger partial charge in [-0.3, -0.25) is 13.9 Å². The van der Waals surface area contributed by atoms with Gasteiger partial charge in [0.25, 0.3) is 10.0 Å². The Balaban J connectivity index is 2.06. The summed E-state index contributed by atoms with van der Waals surface area (Å²) < 4.78 is 47.7. The maximum Gasteiger partial charge on any atom is 0.264 e. The van der Waals surface area contributed by atoms with Crippen molar-refractivity contribution in [3.8, 4) is 5.75 Å². The molecule has 8 nitrogen and oxygen atoms in total. The number of hydrogen-bond donors (Lipinski definition) is 1. The Morgan fingerprint density at radius 1 is 0.951 bits per heavy atom. The minimum atomic E-state index is -4.20.